The smallest absolute Gasteiger partial charge is 0.303 e. The van der Waals surface area contributed by atoms with Crippen LogP contribution < -0.4 is 0 Å². The Labute approximate surface area is 35.0 Å². The lowest BCUT2D eigenvalue weighted by molar-refractivity contribution is 0.255. The lowest BCUT2D eigenvalue weighted by Crippen LogP contribution is -1.73. The van der Waals surface area contributed by atoms with Crippen LogP contribution in [0, 0.1) is 7.11 Å². The summed E-state index contributed by atoms with van der Waals surface area (Å²) in [6, 6.07) is 0. The van der Waals surface area contributed by atoms with Crippen LogP contribution in [0.5, 0.6) is 0 Å². The van der Waals surface area contributed by atoms with Crippen molar-refractivity contribution >= 4 is 7.82 Å². The minimum atomic E-state index is -4.26. The van der Waals surface area contributed by atoms with Gasteiger partial charge in [0, 0.05) is 0 Å². The molecule has 6 heavy (non-hydrogen) atoms. The van der Waals surface area contributed by atoms with E-state index in [-0.39, 0.29) is 0 Å². The molecular formula is CH4O4P. The summed E-state index contributed by atoms with van der Waals surface area (Å²) in [5, 5.41) is 0. The van der Waals surface area contributed by atoms with Gasteiger partial charge in [-0.05, 0) is 0 Å². The standard InChI is InChI=1S/CH4O4P/c1-5-6(2,3)4/h1H2,(H2,2,3,4). The topological polar surface area (TPSA) is 66.8 Å². The molecule has 37 valence electrons. The summed E-state index contributed by atoms with van der Waals surface area (Å²) in [6.45, 7) is 0. The normalized spacial score (nSPS) is 11.8. The van der Waals surface area contributed by atoms with Crippen LogP contribution in [0.25, 0.3) is 0 Å². The molecule has 0 saturated heterocycles. The second kappa shape index (κ2) is 1.71. The first-order valence-electron chi connectivity index (χ1n) is 1.05. The van der Waals surface area contributed by atoms with E-state index in [1.807, 2.05) is 0 Å². The van der Waals surface area contributed by atoms with E-state index < -0.39 is 7.82 Å². The third-order valence-corrected chi connectivity index (χ3v) is 0.505. The predicted molar refractivity (Wildman–Crippen MR) is 18.5 cm³/mol. The Morgan fingerprint density at radius 2 is 1.83 bits per heavy atom. The van der Waals surface area contributed by atoms with E-state index in [1.54, 1.807) is 0 Å². The van der Waals surface area contributed by atoms with Gasteiger partial charge >= 0.3 is 7.82 Å². The van der Waals surface area contributed by atoms with Gasteiger partial charge in [0.1, 0.15) is 0 Å². The van der Waals surface area contributed by atoms with Crippen molar-refractivity contribution in [3.05, 3.63) is 7.11 Å². The summed E-state index contributed by atoms with van der Waals surface area (Å²) in [5.74, 6) is 0. The van der Waals surface area contributed by atoms with Crippen LogP contribution in [0.15, 0.2) is 0 Å². The van der Waals surface area contributed by atoms with Gasteiger partial charge < -0.3 is 9.79 Å². The third kappa shape index (κ3) is 4.11. The Morgan fingerprint density at radius 3 is 1.83 bits per heavy atom. The number of hydrogen-bond acceptors (Lipinski definition) is 2. The van der Waals surface area contributed by atoms with Gasteiger partial charge in [-0.1, -0.05) is 0 Å². The number of hydrogen-bond donors (Lipinski definition) is 2. The number of rotatable bonds is 1. The fourth-order valence-electron chi connectivity index (χ4n) is 0. The second-order valence-corrected chi connectivity index (χ2v) is 1.86. The Balaban J connectivity index is 3.48. The Hall–Kier alpha value is 0.110. The minimum Gasteiger partial charge on any atom is -0.303 e. The SMILES string of the molecule is [CH2]OP(=O)(O)O. The molecule has 1 radical (unpaired) electrons. The van der Waals surface area contributed by atoms with Gasteiger partial charge in [0.25, 0.3) is 0 Å². The van der Waals surface area contributed by atoms with Crippen molar-refractivity contribution in [1.82, 2.24) is 0 Å². The molecule has 0 bridgehead atoms. The van der Waals surface area contributed by atoms with Gasteiger partial charge in [-0.15, -0.1) is 0 Å². The molecule has 0 atom stereocenters. The number of phosphoric acid groups is 1. The van der Waals surface area contributed by atoms with Crippen molar-refractivity contribution < 1.29 is 18.9 Å². The molecular weight excluding hydrogens is 107 g/mol. The van der Waals surface area contributed by atoms with Gasteiger partial charge in [-0.3, -0.25) is 4.52 Å². The first kappa shape index (κ1) is 6.11. The van der Waals surface area contributed by atoms with E-state index in [0.29, 0.717) is 0 Å². The summed E-state index contributed by atoms with van der Waals surface area (Å²) in [6.07, 6.45) is 0. The van der Waals surface area contributed by atoms with Crippen molar-refractivity contribution in [2.75, 3.05) is 0 Å². The van der Waals surface area contributed by atoms with Crippen molar-refractivity contribution in [3.8, 4) is 0 Å². The Bertz CT molecular complexity index is 71.6. The quantitative estimate of drug-likeness (QED) is 0.463. The molecule has 0 unspecified atom stereocenters. The lowest BCUT2D eigenvalue weighted by atomic mass is 11.8. The summed E-state index contributed by atoms with van der Waals surface area (Å²) in [4.78, 5) is 15.3. The molecule has 2 N–H and O–H groups in total. The van der Waals surface area contributed by atoms with Crippen LogP contribution in [0.2, 0.25) is 0 Å². The van der Waals surface area contributed by atoms with Crippen molar-refractivity contribution in [3.63, 3.8) is 0 Å². The fraction of sp³-hybridized carbons (Fsp3) is 0. The van der Waals surface area contributed by atoms with E-state index in [9.17, 15) is 4.57 Å². The first-order valence-corrected chi connectivity index (χ1v) is 2.58. The van der Waals surface area contributed by atoms with Gasteiger partial charge in [-0.25, -0.2) is 4.57 Å². The maximum atomic E-state index is 9.41. The Morgan fingerprint density at radius 1 is 1.67 bits per heavy atom. The Kier molecular flexibility index (Phi) is 1.74. The van der Waals surface area contributed by atoms with Crippen LogP contribution in [-0.2, 0) is 9.09 Å². The van der Waals surface area contributed by atoms with Crippen LogP contribution in [0.1, 0.15) is 0 Å². The van der Waals surface area contributed by atoms with Crippen LogP contribution in [-0.4, -0.2) is 9.79 Å². The molecule has 0 saturated carbocycles. The van der Waals surface area contributed by atoms with Crippen LogP contribution >= 0.6 is 7.82 Å². The van der Waals surface area contributed by atoms with Crippen molar-refractivity contribution in [2.45, 2.75) is 0 Å². The molecule has 5 heteroatoms. The maximum Gasteiger partial charge on any atom is 0.469 e. The highest BCUT2D eigenvalue weighted by Gasteiger charge is 2.07. The van der Waals surface area contributed by atoms with E-state index in [4.69, 9.17) is 9.79 Å². The molecule has 0 amide bonds. The van der Waals surface area contributed by atoms with E-state index in [1.165, 1.54) is 0 Å². The largest absolute Gasteiger partial charge is 0.469 e. The molecule has 0 heterocycles. The van der Waals surface area contributed by atoms with Gasteiger partial charge in [0.2, 0.25) is 0 Å². The molecule has 0 rings (SSSR count). The molecule has 0 spiro atoms. The zero-order chi connectivity index (χ0) is 5.21. The number of phosphoric ester groups is 1. The highest BCUT2D eigenvalue weighted by atomic mass is 31.2. The highest BCUT2D eigenvalue weighted by Crippen LogP contribution is 2.34. The average molecular weight is 111 g/mol. The monoisotopic (exact) mass is 111 g/mol. The van der Waals surface area contributed by atoms with Crippen molar-refractivity contribution in [2.24, 2.45) is 0 Å². The highest BCUT2D eigenvalue weighted by molar-refractivity contribution is 7.46. The average Bonchev–Trinajstić information content (AvgIpc) is 1.35. The van der Waals surface area contributed by atoms with Crippen LogP contribution in [0.4, 0.5) is 0 Å². The van der Waals surface area contributed by atoms with Gasteiger partial charge in [0.05, 0.1) is 7.11 Å². The zero-order valence-electron chi connectivity index (χ0n) is 2.87. The van der Waals surface area contributed by atoms with Gasteiger partial charge in [0.15, 0.2) is 0 Å². The zero-order valence-corrected chi connectivity index (χ0v) is 3.76. The molecule has 0 aliphatic carbocycles. The molecule has 0 aromatic heterocycles. The summed E-state index contributed by atoms with van der Waals surface area (Å²) in [7, 11) is -1.76. The minimum absolute atomic E-state index is 2.49. The predicted octanol–water partition coefficient (Wildman–Crippen LogP) is -0.113. The molecule has 0 fully saturated rings. The fourth-order valence-corrected chi connectivity index (χ4v) is 0. The van der Waals surface area contributed by atoms with Crippen molar-refractivity contribution in [1.29, 1.82) is 0 Å². The molecule has 0 aliphatic rings. The van der Waals surface area contributed by atoms with E-state index >= 15 is 0 Å². The lowest BCUT2D eigenvalue weighted by Gasteiger charge is -1.93. The van der Waals surface area contributed by atoms with Crippen LogP contribution in [0.3, 0.4) is 0 Å². The summed E-state index contributed by atoms with van der Waals surface area (Å²) < 4.78 is 12.8. The molecule has 0 aliphatic heterocycles. The summed E-state index contributed by atoms with van der Waals surface area (Å²) >= 11 is 0. The van der Waals surface area contributed by atoms with Gasteiger partial charge in [-0.2, -0.15) is 0 Å². The third-order valence-electron chi connectivity index (χ3n) is 0.168. The van der Waals surface area contributed by atoms with E-state index in [0.717, 1.165) is 0 Å². The summed E-state index contributed by atoms with van der Waals surface area (Å²) in [5.41, 5.74) is 0. The maximum absolute atomic E-state index is 9.41. The van der Waals surface area contributed by atoms with E-state index in [2.05, 4.69) is 11.6 Å². The molecule has 4 nitrogen and oxygen atoms in total. The molecule has 0 aromatic carbocycles. The first-order chi connectivity index (χ1) is 2.56. The second-order valence-electron chi connectivity index (χ2n) is 0.620. The molecule has 0 aromatic rings.